The Morgan fingerprint density at radius 1 is 0.588 bits per heavy atom. The molecule has 0 aliphatic carbocycles. The summed E-state index contributed by atoms with van der Waals surface area (Å²) in [6.07, 6.45) is 3.50. The molecule has 1 rings (SSSR count). The molecule has 102 valence electrons. The van der Waals surface area contributed by atoms with Crippen LogP contribution in [0.15, 0.2) is 30.6 Å². The molecule has 0 saturated heterocycles. The lowest BCUT2D eigenvalue weighted by Gasteiger charge is -2.05. The second kappa shape index (κ2) is 10.3. The number of hydrogen-bond acceptors (Lipinski definition) is 1. The Morgan fingerprint density at radius 3 is 0.882 bits per heavy atom. The predicted octanol–water partition coefficient (Wildman–Crippen LogP) is 5.82. The van der Waals surface area contributed by atoms with Crippen molar-refractivity contribution in [2.24, 2.45) is 10.8 Å². The second-order valence-electron chi connectivity index (χ2n) is 7.02. The fraction of sp³-hybridized carbons (Fsp3) is 0.688. The van der Waals surface area contributed by atoms with Crippen LogP contribution >= 0.6 is 0 Å². The van der Waals surface area contributed by atoms with Crippen LogP contribution in [-0.4, -0.2) is 4.98 Å². The Labute approximate surface area is 110 Å². The maximum atomic E-state index is 3.78. The van der Waals surface area contributed by atoms with E-state index in [1.54, 1.807) is 12.4 Å². The molecule has 0 fully saturated rings. The molecule has 0 atom stereocenters. The van der Waals surface area contributed by atoms with E-state index in [-0.39, 0.29) is 7.43 Å². The van der Waals surface area contributed by atoms with Crippen LogP contribution in [0.1, 0.15) is 62.8 Å². The average Bonchev–Trinajstić information content (AvgIpc) is 2.01. The zero-order chi connectivity index (χ0) is 13.2. The first-order chi connectivity index (χ1) is 7.00. The van der Waals surface area contributed by atoms with Crippen molar-refractivity contribution in [2.45, 2.75) is 62.8 Å². The minimum absolute atomic E-state index is 0. The maximum Gasteiger partial charge on any atom is 0.0267 e. The molecule has 1 heterocycles. The van der Waals surface area contributed by atoms with Gasteiger partial charge in [0.2, 0.25) is 0 Å². The molecule has 0 N–H and O–H groups in total. The molecule has 1 heteroatoms. The summed E-state index contributed by atoms with van der Waals surface area (Å²) in [5.41, 5.74) is 1.00. The van der Waals surface area contributed by atoms with Gasteiger partial charge in [0, 0.05) is 12.4 Å². The Balaban J connectivity index is -0.000000170. The van der Waals surface area contributed by atoms with Crippen molar-refractivity contribution in [1.29, 1.82) is 0 Å². The van der Waals surface area contributed by atoms with Crippen molar-refractivity contribution >= 4 is 0 Å². The van der Waals surface area contributed by atoms with Crippen LogP contribution < -0.4 is 0 Å². The van der Waals surface area contributed by atoms with Crippen molar-refractivity contribution in [3.63, 3.8) is 0 Å². The first-order valence-electron chi connectivity index (χ1n) is 5.85. The second-order valence-corrected chi connectivity index (χ2v) is 7.02. The van der Waals surface area contributed by atoms with Gasteiger partial charge >= 0.3 is 0 Å². The Hall–Kier alpha value is -0.850. The molecule has 0 radical (unpaired) electrons. The van der Waals surface area contributed by atoms with E-state index in [0.29, 0.717) is 10.8 Å². The molecular formula is C16H33N. The molecule has 0 saturated carbocycles. The van der Waals surface area contributed by atoms with Gasteiger partial charge in [0.1, 0.15) is 0 Å². The zero-order valence-electron chi connectivity index (χ0n) is 12.3. The first kappa shape index (κ1) is 21.4. The highest BCUT2D eigenvalue weighted by atomic mass is 14.6. The number of rotatable bonds is 0. The highest BCUT2D eigenvalue weighted by Crippen LogP contribution is 2.08. The number of nitrogens with zero attached hydrogens (tertiary/aromatic N) is 1. The Bertz CT molecular complexity index is 175. The van der Waals surface area contributed by atoms with E-state index in [1.807, 2.05) is 18.2 Å². The lowest BCUT2D eigenvalue weighted by atomic mass is 10.0. The van der Waals surface area contributed by atoms with E-state index >= 15 is 0 Å². The lowest BCUT2D eigenvalue weighted by Crippen LogP contribution is -1.93. The highest BCUT2D eigenvalue weighted by Gasteiger charge is 1.96. The van der Waals surface area contributed by atoms with E-state index in [0.717, 1.165) is 0 Å². The fourth-order valence-electron chi connectivity index (χ4n) is 0.313. The Kier molecular flexibility index (Phi) is 13.0. The molecule has 0 unspecified atom stereocenters. The lowest BCUT2D eigenvalue weighted by molar-refractivity contribution is 0.469. The smallest absolute Gasteiger partial charge is 0.0267 e. The van der Waals surface area contributed by atoms with Gasteiger partial charge < -0.3 is 0 Å². The summed E-state index contributed by atoms with van der Waals surface area (Å²) in [6, 6.07) is 5.72. The van der Waals surface area contributed by atoms with Crippen LogP contribution in [0.5, 0.6) is 0 Å². The van der Waals surface area contributed by atoms with Gasteiger partial charge in [-0.1, -0.05) is 68.9 Å². The van der Waals surface area contributed by atoms with Gasteiger partial charge in [-0.3, -0.25) is 4.98 Å². The van der Waals surface area contributed by atoms with Gasteiger partial charge in [-0.05, 0) is 23.0 Å². The van der Waals surface area contributed by atoms with Gasteiger partial charge in [-0.2, -0.15) is 0 Å². The SMILES string of the molecule is C.CC(C)(C)C.CC(C)(C)C.c1ccncc1. The molecule has 1 aromatic rings. The van der Waals surface area contributed by atoms with Crippen LogP contribution in [0.2, 0.25) is 0 Å². The molecule has 0 aliphatic heterocycles. The minimum atomic E-state index is 0. The molecule has 0 amide bonds. The molecule has 1 aromatic heterocycles. The van der Waals surface area contributed by atoms with Crippen molar-refractivity contribution in [3.8, 4) is 0 Å². The molecule has 0 aliphatic rings. The van der Waals surface area contributed by atoms with Gasteiger partial charge in [-0.15, -0.1) is 0 Å². The van der Waals surface area contributed by atoms with Gasteiger partial charge in [0.25, 0.3) is 0 Å². The fourth-order valence-corrected chi connectivity index (χ4v) is 0.313. The quantitative estimate of drug-likeness (QED) is 0.555. The topological polar surface area (TPSA) is 12.9 Å². The zero-order valence-corrected chi connectivity index (χ0v) is 12.3. The molecule has 0 bridgehead atoms. The average molecular weight is 239 g/mol. The van der Waals surface area contributed by atoms with Crippen molar-refractivity contribution in [3.05, 3.63) is 30.6 Å². The van der Waals surface area contributed by atoms with E-state index < -0.39 is 0 Å². The third kappa shape index (κ3) is 98.8. The molecule has 1 nitrogen and oxygen atoms in total. The minimum Gasteiger partial charge on any atom is -0.265 e. The van der Waals surface area contributed by atoms with Crippen LogP contribution in [0.4, 0.5) is 0 Å². The Morgan fingerprint density at radius 2 is 0.824 bits per heavy atom. The summed E-state index contributed by atoms with van der Waals surface area (Å²) in [4.78, 5) is 3.78. The predicted molar refractivity (Wildman–Crippen MR) is 81.2 cm³/mol. The van der Waals surface area contributed by atoms with Crippen LogP contribution in [0, 0.1) is 10.8 Å². The third-order valence-corrected chi connectivity index (χ3v) is 0.566. The summed E-state index contributed by atoms with van der Waals surface area (Å²) in [5.74, 6) is 0. The first-order valence-corrected chi connectivity index (χ1v) is 5.85. The summed E-state index contributed by atoms with van der Waals surface area (Å²) in [6.45, 7) is 17.5. The molecular weight excluding hydrogens is 206 g/mol. The van der Waals surface area contributed by atoms with E-state index in [9.17, 15) is 0 Å². The molecule has 0 spiro atoms. The molecule has 0 aromatic carbocycles. The number of aromatic nitrogens is 1. The van der Waals surface area contributed by atoms with Crippen molar-refractivity contribution in [1.82, 2.24) is 4.98 Å². The van der Waals surface area contributed by atoms with Crippen molar-refractivity contribution in [2.75, 3.05) is 0 Å². The summed E-state index contributed by atoms with van der Waals surface area (Å²) in [5, 5.41) is 0. The normalized spacial score (nSPS) is 9.88. The summed E-state index contributed by atoms with van der Waals surface area (Å²) in [7, 11) is 0. The summed E-state index contributed by atoms with van der Waals surface area (Å²) >= 11 is 0. The maximum absolute atomic E-state index is 3.78. The number of hydrogen-bond donors (Lipinski definition) is 0. The monoisotopic (exact) mass is 239 g/mol. The largest absolute Gasteiger partial charge is 0.265 e. The van der Waals surface area contributed by atoms with Gasteiger partial charge in [-0.25, -0.2) is 0 Å². The third-order valence-electron chi connectivity index (χ3n) is 0.566. The summed E-state index contributed by atoms with van der Waals surface area (Å²) < 4.78 is 0. The van der Waals surface area contributed by atoms with Gasteiger partial charge in [0.15, 0.2) is 0 Å². The highest BCUT2D eigenvalue weighted by molar-refractivity contribution is 4.88. The molecule has 17 heavy (non-hydrogen) atoms. The van der Waals surface area contributed by atoms with E-state index in [4.69, 9.17) is 0 Å². The van der Waals surface area contributed by atoms with Crippen LogP contribution in [-0.2, 0) is 0 Å². The number of pyridine rings is 1. The van der Waals surface area contributed by atoms with Gasteiger partial charge in [0.05, 0.1) is 0 Å². The van der Waals surface area contributed by atoms with E-state index in [2.05, 4.69) is 60.4 Å². The van der Waals surface area contributed by atoms with Crippen LogP contribution in [0.25, 0.3) is 0 Å². The standard InChI is InChI=1S/C5H5N.2C5H12.CH4/c1-2-4-6-5-3-1;2*1-5(2,3)4;/h1-5H;2*1-4H3;1H4. The van der Waals surface area contributed by atoms with E-state index in [1.165, 1.54) is 0 Å². The van der Waals surface area contributed by atoms with Crippen LogP contribution in [0.3, 0.4) is 0 Å². The van der Waals surface area contributed by atoms with Crippen molar-refractivity contribution < 1.29 is 0 Å².